The van der Waals surface area contributed by atoms with Crippen LogP contribution in [0.25, 0.3) is 10.9 Å². The molecule has 1 saturated carbocycles. The molecule has 1 saturated heterocycles. The van der Waals surface area contributed by atoms with E-state index in [2.05, 4.69) is 15.6 Å². The maximum absolute atomic E-state index is 13.6. The van der Waals surface area contributed by atoms with Gasteiger partial charge >= 0.3 is 6.09 Å². The Kier molecular flexibility index (Phi) is 8.30. The van der Waals surface area contributed by atoms with Gasteiger partial charge in [-0.3, -0.25) is 19.2 Å². The molecule has 2 aliphatic rings. The number of H-pyrrole nitrogens is 1. The number of benzene rings is 1. The second-order valence-corrected chi connectivity index (χ2v) is 10.5. The monoisotopic (exact) mass is 558 g/mol. The lowest BCUT2D eigenvalue weighted by molar-refractivity contribution is -0.144. The molecule has 4 rings (SSSR count). The number of aromatic amines is 1. The summed E-state index contributed by atoms with van der Waals surface area (Å²) in [6.07, 6.45) is -1.48. The highest BCUT2D eigenvalue weighted by molar-refractivity contribution is 5.96. The first-order chi connectivity index (χ1) is 18.9. The number of primary amides is 1. The van der Waals surface area contributed by atoms with Crippen molar-refractivity contribution in [1.29, 1.82) is 0 Å². The normalized spacial score (nSPS) is 23.3. The molecule has 40 heavy (non-hydrogen) atoms. The summed E-state index contributed by atoms with van der Waals surface area (Å²) in [7, 11) is 0. The van der Waals surface area contributed by atoms with Crippen LogP contribution in [0.1, 0.15) is 32.3 Å². The van der Waals surface area contributed by atoms with E-state index in [4.69, 9.17) is 10.8 Å². The topological polar surface area (TPSA) is 227 Å². The van der Waals surface area contributed by atoms with Gasteiger partial charge in [-0.15, -0.1) is 0 Å². The second kappa shape index (κ2) is 11.5. The Morgan fingerprint density at radius 2 is 1.70 bits per heavy atom. The Labute approximate surface area is 229 Å². The van der Waals surface area contributed by atoms with Gasteiger partial charge in [-0.1, -0.05) is 18.2 Å². The van der Waals surface area contributed by atoms with Crippen molar-refractivity contribution in [3.05, 3.63) is 36.0 Å². The molecule has 14 nitrogen and oxygen atoms in total. The summed E-state index contributed by atoms with van der Waals surface area (Å²) in [4.78, 5) is 67.6. The van der Waals surface area contributed by atoms with Crippen LogP contribution in [0.4, 0.5) is 4.79 Å². The summed E-state index contributed by atoms with van der Waals surface area (Å²) < 4.78 is 0. The van der Waals surface area contributed by atoms with Crippen molar-refractivity contribution in [3.63, 3.8) is 0 Å². The largest absolute Gasteiger partial charge is 0.465 e. The number of piperidine rings is 1. The van der Waals surface area contributed by atoms with Gasteiger partial charge in [0.1, 0.15) is 24.2 Å². The van der Waals surface area contributed by atoms with E-state index in [0.717, 1.165) is 10.9 Å². The summed E-state index contributed by atoms with van der Waals surface area (Å²) in [5, 5.41) is 37.0. The van der Waals surface area contributed by atoms with Crippen molar-refractivity contribution in [3.8, 4) is 0 Å². The molecule has 1 aromatic heterocycles. The highest BCUT2D eigenvalue weighted by Crippen LogP contribution is 2.48. The Morgan fingerprint density at radius 3 is 2.33 bits per heavy atom. The molecular weight excluding hydrogens is 524 g/mol. The molecule has 2 aromatic rings. The lowest BCUT2D eigenvalue weighted by Gasteiger charge is -2.32. The minimum Gasteiger partial charge on any atom is -0.465 e. The van der Waals surface area contributed by atoms with Crippen molar-refractivity contribution in [1.82, 2.24) is 25.8 Å². The standard InChI is InChI=1S/C26H34N6O8/c1-11(33)20(22(27)35)30-23(36)17(7-14-10-28-16-6-4-3-5-15(14)16)29-24(37)19-9-13-8-18(13)32(19)25(38)21(12(2)34)31-26(39)40/h3-6,10-13,17-21,28,31,33-34H,7-9H2,1-2H3,(H2,27,35)(H,29,37)(H,30,36)(H,39,40)/t11-,12-,13+,17+,18+,19+,20+,21+/m1/s1. The zero-order valence-electron chi connectivity index (χ0n) is 22.0. The molecule has 9 N–H and O–H groups in total. The number of carbonyl (C=O) groups excluding carboxylic acids is 4. The minimum atomic E-state index is -1.50. The number of aliphatic hydroxyl groups is 2. The summed E-state index contributed by atoms with van der Waals surface area (Å²) in [6, 6.07) is 1.97. The van der Waals surface area contributed by atoms with E-state index in [-0.39, 0.29) is 18.4 Å². The molecule has 14 heteroatoms. The molecule has 2 fully saturated rings. The first-order valence-electron chi connectivity index (χ1n) is 13.0. The number of likely N-dealkylation sites (tertiary alicyclic amines) is 1. The molecule has 1 aromatic carbocycles. The van der Waals surface area contributed by atoms with Crippen LogP contribution < -0.4 is 21.7 Å². The van der Waals surface area contributed by atoms with Crippen LogP contribution in [0.5, 0.6) is 0 Å². The molecule has 5 amide bonds. The van der Waals surface area contributed by atoms with Gasteiger partial charge in [0.2, 0.25) is 23.6 Å². The molecule has 0 spiro atoms. The van der Waals surface area contributed by atoms with Gasteiger partial charge in [-0.05, 0) is 44.2 Å². The average Bonchev–Trinajstić information content (AvgIpc) is 3.36. The second-order valence-electron chi connectivity index (χ2n) is 10.5. The predicted molar refractivity (Wildman–Crippen MR) is 141 cm³/mol. The molecular formula is C26H34N6O8. The SMILES string of the molecule is C[C@@H](O)[C@H](NC(=O)[C@H](Cc1c[nH]c2ccccc12)NC(=O)[C@@H]1C[C@@H]2C[C@@H]2N1C(=O)[C@@H](NC(=O)O)[C@@H](C)O)C(N)=O. The van der Waals surface area contributed by atoms with E-state index < -0.39 is 66.1 Å². The van der Waals surface area contributed by atoms with Crippen molar-refractivity contribution in [2.24, 2.45) is 11.7 Å². The predicted octanol–water partition coefficient (Wildman–Crippen LogP) is -1.45. The smallest absolute Gasteiger partial charge is 0.405 e. The number of amides is 5. The summed E-state index contributed by atoms with van der Waals surface area (Å²) in [6.45, 7) is 2.56. The number of carboxylic acid groups (broad SMARTS) is 1. The van der Waals surface area contributed by atoms with Crippen LogP contribution in [0.2, 0.25) is 0 Å². The van der Waals surface area contributed by atoms with Crippen LogP contribution in [-0.4, -0.2) is 97.3 Å². The van der Waals surface area contributed by atoms with E-state index >= 15 is 0 Å². The Bertz CT molecular complexity index is 1310. The molecule has 0 unspecified atom stereocenters. The number of aromatic nitrogens is 1. The van der Waals surface area contributed by atoms with Crippen molar-refractivity contribution in [2.45, 2.75) is 75.5 Å². The van der Waals surface area contributed by atoms with Crippen LogP contribution in [0, 0.1) is 5.92 Å². The maximum Gasteiger partial charge on any atom is 0.405 e. The number of fused-ring (bicyclic) bond motifs is 2. The zero-order valence-corrected chi connectivity index (χ0v) is 22.0. The molecule has 2 heterocycles. The third-order valence-electron chi connectivity index (χ3n) is 7.51. The zero-order chi connectivity index (χ0) is 29.3. The molecule has 8 atom stereocenters. The number of nitrogens with two attached hydrogens (primary N) is 1. The summed E-state index contributed by atoms with van der Waals surface area (Å²) >= 11 is 0. The van der Waals surface area contributed by atoms with Crippen molar-refractivity contribution < 1.29 is 39.3 Å². The van der Waals surface area contributed by atoms with Crippen molar-refractivity contribution in [2.75, 3.05) is 0 Å². The number of carbonyl (C=O) groups is 5. The third-order valence-corrected chi connectivity index (χ3v) is 7.51. The van der Waals surface area contributed by atoms with E-state index in [9.17, 15) is 34.2 Å². The quantitative estimate of drug-likeness (QED) is 0.162. The fourth-order valence-corrected chi connectivity index (χ4v) is 5.37. The van der Waals surface area contributed by atoms with Crippen LogP contribution >= 0.6 is 0 Å². The Balaban J connectivity index is 1.58. The number of nitrogens with zero attached hydrogens (tertiary/aromatic N) is 1. The Morgan fingerprint density at radius 1 is 1.02 bits per heavy atom. The summed E-state index contributed by atoms with van der Waals surface area (Å²) in [5.74, 6) is -3.06. The highest BCUT2D eigenvalue weighted by Gasteiger charge is 2.57. The molecule has 0 radical (unpaired) electrons. The van der Waals surface area contributed by atoms with Gasteiger partial charge in [0, 0.05) is 29.6 Å². The minimum absolute atomic E-state index is 0.0112. The molecule has 1 aliphatic carbocycles. The van der Waals surface area contributed by atoms with Gasteiger partial charge in [0.25, 0.3) is 0 Å². The first-order valence-corrected chi connectivity index (χ1v) is 13.0. The van der Waals surface area contributed by atoms with Gasteiger partial charge in [0.15, 0.2) is 0 Å². The fraction of sp³-hybridized carbons (Fsp3) is 0.500. The number of hydrogen-bond donors (Lipinski definition) is 8. The van der Waals surface area contributed by atoms with Crippen LogP contribution in [0.3, 0.4) is 0 Å². The number of hydrogen-bond acceptors (Lipinski definition) is 7. The van der Waals surface area contributed by atoms with Gasteiger partial charge in [-0.25, -0.2) is 4.79 Å². The fourth-order valence-electron chi connectivity index (χ4n) is 5.37. The molecule has 0 bridgehead atoms. The average molecular weight is 559 g/mol. The van der Waals surface area contributed by atoms with E-state index in [0.29, 0.717) is 18.4 Å². The van der Waals surface area contributed by atoms with E-state index in [1.807, 2.05) is 29.6 Å². The lowest BCUT2D eigenvalue weighted by atomic mass is 10.0. The maximum atomic E-state index is 13.6. The number of nitrogens with one attached hydrogen (secondary N) is 4. The van der Waals surface area contributed by atoms with Gasteiger partial charge in [-0.2, -0.15) is 0 Å². The van der Waals surface area contributed by atoms with Crippen LogP contribution in [-0.2, 0) is 25.6 Å². The Hall–Kier alpha value is -4.17. The summed E-state index contributed by atoms with van der Waals surface area (Å²) in [5.41, 5.74) is 6.85. The van der Waals surface area contributed by atoms with E-state index in [1.165, 1.54) is 18.7 Å². The van der Waals surface area contributed by atoms with Crippen molar-refractivity contribution >= 4 is 40.6 Å². The third kappa shape index (κ3) is 6.02. The van der Waals surface area contributed by atoms with Gasteiger partial charge < -0.3 is 46.9 Å². The first kappa shape index (κ1) is 28.8. The number of para-hydroxylation sites is 1. The van der Waals surface area contributed by atoms with Gasteiger partial charge in [0.05, 0.1) is 12.2 Å². The number of rotatable bonds is 11. The number of aliphatic hydroxyl groups excluding tert-OH is 2. The molecule has 216 valence electrons. The van der Waals surface area contributed by atoms with E-state index in [1.54, 1.807) is 6.20 Å². The van der Waals surface area contributed by atoms with Crippen LogP contribution in [0.15, 0.2) is 30.5 Å². The lowest BCUT2D eigenvalue weighted by Crippen LogP contribution is -2.61. The molecule has 1 aliphatic heterocycles. The highest BCUT2D eigenvalue weighted by atomic mass is 16.4.